The largest absolute Gasteiger partial charge is 0.386 e. The molecule has 4 N–H and O–H groups in total. The number of amidine groups is 1. The summed E-state index contributed by atoms with van der Waals surface area (Å²) in [4.78, 5) is 16.7. The van der Waals surface area contributed by atoms with E-state index in [1.54, 1.807) is 35.9 Å². The van der Waals surface area contributed by atoms with Gasteiger partial charge in [0.2, 0.25) is 5.91 Å². The van der Waals surface area contributed by atoms with Crippen LogP contribution in [-0.4, -0.2) is 57.7 Å². The summed E-state index contributed by atoms with van der Waals surface area (Å²) in [7, 11) is 1.90. The van der Waals surface area contributed by atoms with Crippen LogP contribution in [0.1, 0.15) is 18.1 Å². The predicted octanol–water partition coefficient (Wildman–Crippen LogP) is 1.40. The van der Waals surface area contributed by atoms with Crippen LogP contribution in [0, 0.1) is 0 Å². The van der Waals surface area contributed by atoms with Crippen molar-refractivity contribution in [3.63, 3.8) is 0 Å². The zero-order valence-corrected chi connectivity index (χ0v) is 18.0. The summed E-state index contributed by atoms with van der Waals surface area (Å²) >= 11 is 6.13. The number of carbonyl (C=O) groups is 1. The number of nitrogens with zero attached hydrogens (tertiary/aromatic N) is 6. The number of aromatic nitrogens is 2. The third-order valence-electron chi connectivity index (χ3n) is 4.74. The monoisotopic (exact) mass is 430 g/mol. The van der Waals surface area contributed by atoms with Crippen molar-refractivity contribution in [2.45, 2.75) is 13.5 Å². The Morgan fingerprint density at radius 1 is 1.30 bits per heavy atom. The number of amides is 1. The number of carbonyl (C=O) groups excluding carboxylic acids is 1. The lowest BCUT2D eigenvalue weighted by atomic mass is 10.1. The Kier molecular flexibility index (Phi) is 6.96. The first-order chi connectivity index (χ1) is 14.3. The van der Waals surface area contributed by atoms with Crippen LogP contribution in [-0.2, 0) is 18.4 Å². The molecule has 1 aromatic carbocycles. The third-order valence-corrected chi connectivity index (χ3v) is 4.98. The molecule has 0 atom stereocenters. The summed E-state index contributed by atoms with van der Waals surface area (Å²) in [5.74, 6) is 7.14. The van der Waals surface area contributed by atoms with Crippen molar-refractivity contribution in [3.8, 4) is 0 Å². The molecular weight excluding hydrogens is 404 g/mol. The smallest absolute Gasteiger partial charge is 0.246 e. The van der Waals surface area contributed by atoms with Crippen molar-refractivity contribution in [2.75, 3.05) is 31.1 Å². The van der Waals surface area contributed by atoms with Gasteiger partial charge >= 0.3 is 0 Å². The van der Waals surface area contributed by atoms with Crippen LogP contribution in [0.4, 0.5) is 5.82 Å². The van der Waals surface area contributed by atoms with Gasteiger partial charge in [-0.2, -0.15) is 5.10 Å². The van der Waals surface area contributed by atoms with Crippen LogP contribution in [0.5, 0.6) is 0 Å². The predicted molar refractivity (Wildman–Crippen MR) is 120 cm³/mol. The zero-order chi connectivity index (χ0) is 21.7. The fourth-order valence-electron chi connectivity index (χ4n) is 3.28. The van der Waals surface area contributed by atoms with Gasteiger partial charge in [0, 0.05) is 56.6 Å². The Hall–Kier alpha value is -3.04. The van der Waals surface area contributed by atoms with E-state index in [4.69, 9.17) is 23.2 Å². The number of aryl methyl sites for hydroxylation is 1. The van der Waals surface area contributed by atoms with E-state index in [2.05, 4.69) is 15.1 Å². The van der Waals surface area contributed by atoms with Gasteiger partial charge in [0.15, 0.2) is 5.82 Å². The normalized spacial score (nSPS) is 15.1. The number of hydrogen-bond acceptors (Lipinski definition) is 6. The molecule has 10 heteroatoms. The summed E-state index contributed by atoms with van der Waals surface area (Å²) in [5, 5.41) is 10.3. The van der Waals surface area contributed by atoms with Crippen LogP contribution < -0.4 is 16.5 Å². The molecule has 9 nitrogen and oxygen atoms in total. The molecule has 3 rings (SSSR count). The molecule has 0 unspecified atom stereocenters. The molecule has 0 radical (unpaired) electrons. The lowest BCUT2D eigenvalue weighted by Gasteiger charge is -2.34. The first kappa shape index (κ1) is 21.7. The second-order valence-corrected chi connectivity index (χ2v) is 7.61. The van der Waals surface area contributed by atoms with Crippen molar-refractivity contribution < 1.29 is 4.79 Å². The Morgan fingerprint density at radius 3 is 2.67 bits per heavy atom. The van der Waals surface area contributed by atoms with Gasteiger partial charge < -0.3 is 15.5 Å². The van der Waals surface area contributed by atoms with Crippen molar-refractivity contribution in [1.29, 1.82) is 0 Å². The number of piperazine rings is 1. The summed E-state index contributed by atoms with van der Waals surface area (Å²) in [6.07, 6.45) is 5.29. The molecule has 1 amide bonds. The van der Waals surface area contributed by atoms with Crippen molar-refractivity contribution in [1.82, 2.24) is 19.8 Å². The van der Waals surface area contributed by atoms with E-state index in [0.29, 0.717) is 30.5 Å². The fraction of sp³-hybridized carbons (Fsp3) is 0.350. The Balaban J connectivity index is 1.63. The second-order valence-electron chi connectivity index (χ2n) is 7.18. The number of benzene rings is 1. The van der Waals surface area contributed by atoms with E-state index in [0.717, 1.165) is 30.0 Å². The molecule has 1 saturated heterocycles. The number of hydrazine groups is 1. The highest BCUT2D eigenvalue weighted by molar-refractivity contribution is 6.30. The van der Waals surface area contributed by atoms with Crippen LogP contribution in [0.25, 0.3) is 6.08 Å². The molecule has 30 heavy (non-hydrogen) atoms. The number of hydrogen-bond donors (Lipinski definition) is 2. The third kappa shape index (κ3) is 5.74. The molecule has 0 aliphatic carbocycles. The molecule has 0 saturated carbocycles. The molecule has 0 spiro atoms. The van der Waals surface area contributed by atoms with Crippen LogP contribution >= 0.6 is 11.6 Å². The lowest BCUT2D eigenvalue weighted by Crippen LogP contribution is -2.48. The Morgan fingerprint density at radius 2 is 2.03 bits per heavy atom. The summed E-state index contributed by atoms with van der Waals surface area (Å²) in [5.41, 5.74) is 7.27. The van der Waals surface area contributed by atoms with E-state index in [1.165, 1.54) is 5.12 Å². The summed E-state index contributed by atoms with van der Waals surface area (Å²) in [6.45, 7) is 4.77. The van der Waals surface area contributed by atoms with Crippen molar-refractivity contribution in [3.05, 3.63) is 52.7 Å². The Bertz CT molecular complexity index is 942. The average molecular weight is 431 g/mol. The summed E-state index contributed by atoms with van der Waals surface area (Å²) < 4.78 is 1.78. The quantitative estimate of drug-likeness (QED) is 0.236. The molecule has 2 heterocycles. The topological polar surface area (TPSA) is 109 Å². The number of anilines is 1. The van der Waals surface area contributed by atoms with E-state index in [1.807, 2.05) is 30.3 Å². The molecule has 1 aliphatic heterocycles. The van der Waals surface area contributed by atoms with Gasteiger partial charge in [-0.25, -0.2) is 11.0 Å². The minimum atomic E-state index is -0.0306. The molecule has 2 aromatic rings. The SMILES string of the molecule is C/C(N)=N/N(N)Cc1cc(Cl)ccc1/C=C/C(=O)N1CCN(c2ccn(C)n2)CC1. The molecule has 1 fully saturated rings. The van der Waals surface area contributed by atoms with Crippen LogP contribution in [0.2, 0.25) is 5.02 Å². The molecular formula is C20H27ClN8O. The van der Waals surface area contributed by atoms with Gasteiger partial charge in [0.1, 0.15) is 5.84 Å². The fourth-order valence-corrected chi connectivity index (χ4v) is 3.47. The number of hydrazone groups is 1. The first-order valence-corrected chi connectivity index (χ1v) is 10.0. The van der Waals surface area contributed by atoms with Crippen LogP contribution in [0.15, 0.2) is 41.6 Å². The van der Waals surface area contributed by atoms with Crippen molar-refractivity contribution in [2.24, 2.45) is 23.7 Å². The van der Waals surface area contributed by atoms with Gasteiger partial charge in [-0.15, -0.1) is 5.10 Å². The highest BCUT2D eigenvalue weighted by atomic mass is 35.5. The van der Waals surface area contributed by atoms with E-state index >= 15 is 0 Å². The van der Waals surface area contributed by atoms with Gasteiger partial charge in [-0.1, -0.05) is 17.7 Å². The van der Waals surface area contributed by atoms with Crippen molar-refractivity contribution >= 4 is 35.2 Å². The maximum atomic E-state index is 12.7. The second kappa shape index (κ2) is 9.64. The number of nitrogens with two attached hydrogens (primary N) is 2. The lowest BCUT2D eigenvalue weighted by molar-refractivity contribution is -0.126. The molecule has 0 bridgehead atoms. The number of rotatable bonds is 6. The molecule has 1 aromatic heterocycles. The maximum absolute atomic E-state index is 12.7. The maximum Gasteiger partial charge on any atom is 0.246 e. The number of halogens is 1. The van der Waals surface area contributed by atoms with Gasteiger partial charge in [0.25, 0.3) is 0 Å². The zero-order valence-electron chi connectivity index (χ0n) is 17.2. The minimum Gasteiger partial charge on any atom is -0.386 e. The average Bonchev–Trinajstić information content (AvgIpc) is 3.13. The highest BCUT2D eigenvalue weighted by Crippen LogP contribution is 2.19. The molecule has 1 aliphatic rings. The van der Waals surface area contributed by atoms with E-state index in [-0.39, 0.29) is 5.91 Å². The standard InChI is InChI=1S/C20H27ClN8O/c1-15(22)24-29(23)14-17-13-18(21)5-3-16(17)4-6-20(30)28-11-9-27(10-12-28)19-7-8-26(2)25-19/h3-8,13H,9-12,14,23H2,1-2H3,(H2,22,24)/b6-4+. The summed E-state index contributed by atoms with van der Waals surface area (Å²) in [6, 6.07) is 7.42. The minimum absolute atomic E-state index is 0.0306. The molecule has 160 valence electrons. The first-order valence-electron chi connectivity index (χ1n) is 9.65. The van der Waals surface area contributed by atoms with Gasteiger partial charge in [-0.05, 0) is 36.3 Å². The van der Waals surface area contributed by atoms with Gasteiger partial charge in [0.05, 0.1) is 6.54 Å². The van der Waals surface area contributed by atoms with Crippen LogP contribution in [0.3, 0.4) is 0 Å². The Labute approximate surface area is 181 Å². The van der Waals surface area contributed by atoms with E-state index in [9.17, 15) is 4.79 Å². The van der Waals surface area contributed by atoms with Gasteiger partial charge in [-0.3, -0.25) is 9.48 Å². The highest BCUT2D eigenvalue weighted by Gasteiger charge is 2.21. The van der Waals surface area contributed by atoms with E-state index < -0.39 is 0 Å².